The first-order chi connectivity index (χ1) is 4.34. The fraction of sp³-hybridized carbons (Fsp3) is 0.625. The average Bonchev–Trinajstić information content (AvgIpc) is 1.89. The van der Waals surface area contributed by atoms with Gasteiger partial charge in [-0.15, -0.1) is 5.92 Å². The molecule has 1 heterocycles. The molecule has 1 aliphatic rings. The van der Waals surface area contributed by atoms with Crippen LogP contribution in [0, 0.1) is 25.7 Å². The minimum atomic E-state index is 0. The minimum Gasteiger partial charge on any atom is -0.343 e. The molecule has 0 aromatic rings. The predicted octanol–water partition coefficient (Wildman–Crippen LogP) is 1.75. The first-order valence-electron chi connectivity index (χ1n) is 3.45. The van der Waals surface area contributed by atoms with Gasteiger partial charge in [-0.25, -0.2) is 0 Å². The van der Waals surface area contributed by atoms with Crippen LogP contribution in [0.2, 0.25) is 0 Å². The van der Waals surface area contributed by atoms with E-state index in [1.54, 1.807) is 0 Å². The molecule has 1 aliphatic heterocycles. The van der Waals surface area contributed by atoms with Crippen molar-refractivity contribution in [3.63, 3.8) is 0 Å². The van der Waals surface area contributed by atoms with Crippen molar-refractivity contribution in [2.75, 3.05) is 6.54 Å². The molecule has 0 saturated heterocycles. The zero-order valence-corrected chi connectivity index (χ0v) is 9.13. The van der Waals surface area contributed by atoms with Crippen LogP contribution in [0.15, 0.2) is 4.99 Å². The molecule has 0 amide bonds. The van der Waals surface area contributed by atoms with Gasteiger partial charge in [-0.05, 0) is 12.6 Å². The third-order valence-electron chi connectivity index (χ3n) is 1.91. The van der Waals surface area contributed by atoms with Crippen LogP contribution in [0.25, 0.3) is 0 Å². The molecule has 55 valence electrons. The van der Waals surface area contributed by atoms with Crippen molar-refractivity contribution in [1.82, 2.24) is 0 Å². The van der Waals surface area contributed by atoms with Gasteiger partial charge in [0, 0.05) is 39.3 Å². The maximum absolute atomic E-state index is 4.14. The fourth-order valence-electron chi connectivity index (χ4n) is 1.11. The Morgan fingerprint density at radius 1 is 1.60 bits per heavy atom. The summed E-state index contributed by atoms with van der Waals surface area (Å²) in [7, 11) is 0. The van der Waals surface area contributed by atoms with Gasteiger partial charge in [0.1, 0.15) is 0 Å². The van der Waals surface area contributed by atoms with Crippen LogP contribution < -0.4 is 0 Å². The number of rotatable bonds is 1. The van der Waals surface area contributed by atoms with E-state index in [1.807, 2.05) is 6.21 Å². The molecule has 1 nitrogen and oxygen atoms in total. The number of hydrogen-bond donors (Lipinski definition) is 0. The minimum absolute atomic E-state index is 0. The van der Waals surface area contributed by atoms with Gasteiger partial charge < -0.3 is 13.8 Å². The molecular formula is C8H13NY-2. The van der Waals surface area contributed by atoms with Gasteiger partial charge in [0.2, 0.25) is 0 Å². The fourth-order valence-corrected chi connectivity index (χ4v) is 1.11. The Balaban J connectivity index is 0.000000810. The van der Waals surface area contributed by atoms with Crippen molar-refractivity contribution in [3.05, 3.63) is 13.8 Å². The molecule has 0 fully saturated rings. The Morgan fingerprint density at radius 3 is 2.70 bits per heavy atom. The molecule has 0 aromatic carbocycles. The van der Waals surface area contributed by atoms with Crippen LogP contribution in [0.3, 0.4) is 0 Å². The second-order valence-corrected chi connectivity index (χ2v) is 2.59. The quantitative estimate of drug-likeness (QED) is 0.587. The first-order valence-corrected chi connectivity index (χ1v) is 3.45. The Hall–Kier alpha value is 0.774. The van der Waals surface area contributed by atoms with Gasteiger partial charge >= 0.3 is 0 Å². The number of nitrogens with zero attached hydrogens (tertiary/aromatic N) is 1. The van der Waals surface area contributed by atoms with Gasteiger partial charge in [0.15, 0.2) is 0 Å². The summed E-state index contributed by atoms with van der Waals surface area (Å²) in [6.45, 7) is 8.76. The Bertz CT molecular complexity index is 112. The molecular weight excluding hydrogens is 199 g/mol. The summed E-state index contributed by atoms with van der Waals surface area (Å²) in [6.07, 6.45) is 4.08. The second-order valence-electron chi connectivity index (χ2n) is 2.59. The topological polar surface area (TPSA) is 12.4 Å². The van der Waals surface area contributed by atoms with Crippen LogP contribution >= 0.6 is 0 Å². The summed E-state index contributed by atoms with van der Waals surface area (Å²) in [6, 6.07) is 0. The SMILES string of the molecule is [CH2-]CC1CC=NCC1[CH2-].[Y]. The van der Waals surface area contributed by atoms with Gasteiger partial charge in [0.05, 0.1) is 0 Å². The van der Waals surface area contributed by atoms with E-state index in [0.29, 0.717) is 11.8 Å². The molecule has 10 heavy (non-hydrogen) atoms. The Labute approximate surface area is 88.6 Å². The van der Waals surface area contributed by atoms with Crippen LogP contribution in [0.1, 0.15) is 12.8 Å². The van der Waals surface area contributed by atoms with Gasteiger partial charge in [-0.3, -0.25) is 4.99 Å². The molecule has 0 saturated carbocycles. The summed E-state index contributed by atoms with van der Waals surface area (Å²) < 4.78 is 0. The molecule has 2 unspecified atom stereocenters. The molecule has 0 spiro atoms. The van der Waals surface area contributed by atoms with Crippen LogP contribution in [-0.4, -0.2) is 12.8 Å². The summed E-state index contributed by atoms with van der Waals surface area (Å²) >= 11 is 0. The normalized spacial score (nSPS) is 31.4. The van der Waals surface area contributed by atoms with Crippen molar-refractivity contribution >= 4 is 6.21 Å². The van der Waals surface area contributed by atoms with Crippen molar-refractivity contribution in [3.8, 4) is 0 Å². The Morgan fingerprint density at radius 2 is 2.30 bits per heavy atom. The van der Waals surface area contributed by atoms with Crippen LogP contribution in [0.4, 0.5) is 0 Å². The molecule has 1 radical (unpaired) electrons. The zero-order valence-electron chi connectivity index (χ0n) is 6.29. The maximum atomic E-state index is 4.14. The van der Waals surface area contributed by atoms with E-state index < -0.39 is 0 Å². The van der Waals surface area contributed by atoms with Crippen molar-refractivity contribution < 1.29 is 32.7 Å². The van der Waals surface area contributed by atoms with Gasteiger partial charge in [-0.1, -0.05) is 5.92 Å². The van der Waals surface area contributed by atoms with Crippen molar-refractivity contribution in [2.45, 2.75) is 12.8 Å². The molecule has 2 heteroatoms. The summed E-state index contributed by atoms with van der Waals surface area (Å²) in [5, 5.41) is 0. The molecule has 0 N–H and O–H groups in total. The third-order valence-corrected chi connectivity index (χ3v) is 1.91. The molecule has 1 rings (SSSR count). The second kappa shape index (κ2) is 5.43. The van der Waals surface area contributed by atoms with E-state index in [2.05, 4.69) is 18.8 Å². The number of aliphatic imine (C=N–C) groups is 1. The zero-order chi connectivity index (χ0) is 6.69. The van der Waals surface area contributed by atoms with E-state index >= 15 is 0 Å². The van der Waals surface area contributed by atoms with E-state index in [1.165, 1.54) is 0 Å². The smallest absolute Gasteiger partial charge is 0.0142 e. The largest absolute Gasteiger partial charge is 0.343 e. The molecule has 0 bridgehead atoms. The average molecular weight is 212 g/mol. The van der Waals surface area contributed by atoms with E-state index in [-0.39, 0.29) is 32.7 Å². The van der Waals surface area contributed by atoms with Crippen LogP contribution in [0.5, 0.6) is 0 Å². The van der Waals surface area contributed by atoms with E-state index in [9.17, 15) is 0 Å². The molecule has 0 aliphatic carbocycles. The van der Waals surface area contributed by atoms with Gasteiger partial charge in [-0.2, -0.15) is 6.42 Å². The summed E-state index contributed by atoms with van der Waals surface area (Å²) in [5.41, 5.74) is 0. The first kappa shape index (κ1) is 10.8. The van der Waals surface area contributed by atoms with E-state index in [0.717, 1.165) is 19.4 Å². The summed E-state index contributed by atoms with van der Waals surface area (Å²) in [4.78, 5) is 4.14. The molecule has 2 atom stereocenters. The van der Waals surface area contributed by atoms with Crippen molar-refractivity contribution in [2.24, 2.45) is 16.8 Å². The number of hydrogen-bond acceptors (Lipinski definition) is 1. The Kier molecular flexibility index (Phi) is 5.85. The third kappa shape index (κ3) is 2.79. The monoisotopic (exact) mass is 212 g/mol. The van der Waals surface area contributed by atoms with Crippen molar-refractivity contribution in [1.29, 1.82) is 0 Å². The van der Waals surface area contributed by atoms with Crippen LogP contribution in [-0.2, 0) is 32.7 Å². The molecule has 0 aromatic heterocycles. The predicted molar refractivity (Wildman–Crippen MR) is 40.3 cm³/mol. The van der Waals surface area contributed by atoms with E-state index in [4.69, 9.17) is 0 Å². The van der Waals surface area contributed by atoms with Gasteiger partial charge in [0.25, 0.3) is 0 Å². The summed E-state index contributed by atoms with van der Waals surface area (Å²) in [5.74, 6) is 1.19. The standard InChI is InChI=1S/C8H13N.Y/c1-3-8-4-5-9-6-7(8)2;/h5,7-8H,1-4,6H2;/q-2;. The maximum Gasteiger partial charge on any atom is 0.0142 e.